The molecule has 0 radical (unpaired) electrons. The molecule has 1 aromatic heterocycles. The van der Waals surface area contributed by atoms with Crippen LogP contribution in [0, 0.1) is 0 Å². The summed E-state index contributed by atoms with van der Waals surface area (Å²) in [6.45, 7) is 9.57. The number of hydrogen-bond acceptors (Lipinski definition) is 0. The Kier molecular flexibility index (Phi) is 4.73. The Hall–Kier alpha value is -3.03. The molecule has 0 unspecified atom stereocenters. The van der Waals surface area contributed by atoms with Crippen molar-refractivity contribution in [3.8, 4) is 16.8 Å². The van der Waals surface area contributed by atoms with Crippen LogP contribution in [-0.4, -0.2) is 4.57 Å². The lowest BCUT2D eigenvalue weighted by atomic mass is 9.63. The van der Waals surface area contributed by atoms with E-state index < -0.39 is 0 Å². The maximum absolute atomic E-state index is 6.13. The van der Waals surface area contributed by atoms with Crippen molar-refractivity contribution in [1.29, 1.82) is 0 Å². The van der Waals surface area contributed by atoms with Gasteiger partial charge in [-0.15, -0.1) is 0 Å². The van der Waals surface area contributed by atoms with E-state index in [1.165, 1.54) is 62.6 Å². The van der Waals surface area contributed by atoms with Gasteiger partial charge in [0.05, 0.1) is 11.0 Å². The summed E-state index contributed by atoms with van der Waals surface area (Å²) in [7, 11) is 0. The third kappa shape index (κ3) is 3.29. The Labute approximate surface area is 207 Å². The van der Waals surface area contributed by atoms with Gasteiger partial charge in [-0.25, -0.2) is 0 Å². The molecule has 0 saturated carbocycles. The van der Waals surface area contributed by atoms with Gasteiger partial charge in [-0.05, 0) is 88.4 Å². The van der Waals surface area contributed by atoms with Gasteiger partial charge in [0.2, 0.25) is 0 Å². The second-order valence-electron chi connectivity index (χ2n) is 11.1. The van der Waals surface area contributed by atoms with Crippen LogP contribution in [0.15, 0.2) is 84.9 Å². The molecule has 0 fully saturated rings. The molecule has 0 N–H and O–H groups in total. The number of nitrogens with zero attached hydrogens (tertiary/aromatic N) is 1. The van der Waals surface area contributed by atoms with Gasteiger partial charge >= 0.3 is 0 Å². The van der Waals surface area contributed by atoms with Crippen LogP contribution in [0.5, 0.6) is 0 Å². The normalized spacial score (nSPS) is 16.6. The van der Waals surface area contributed by atoms with Crippen molar-refractivity contribution in [1.82, 2.24) is 4.57 Å². The maximum Gasteiger partial charge on any atom is 0.0541 e. The van der Waals surface area contributed by atoms with E-state index in [1.54, 1.807) is 0 Å². The quantitative estimate of drug-likeness (QED) is 0.245. The molecule has 0 amide bonds. The second kappa shape index (κ2) is 7.48. The molecule has 0 aliphatic heterocycles. The standard InChI is InChI=1S/C32H30ClN/c1-31(2)17-18-32(3,4)28-20-24(14-15-27(28)31)34-29-8-6-5-7-25(29)26-19-22(11-16-30(26)34)21-9-12-23(33)13-10-21/h5-16,19-20H,17-18H2,1-4H3. The van der Waals surface area contributed by atoms with Gasteiger partial charge in [0.1, 0.15) is 0 Å². The summed E-state index contributed by atoms with van der Waals surface area (Å²) >= 11 is 6.13. The van der Waals surface area contributed by atoms with Crippen molar-refractivity contribution < 1.29 is 0 Å². The Bertz CT molecular complexity index is 1550. The van der Waals surface area contributed by atoms with Crippen LogP contribution in [0.25, 0.3) is 38.6 Å². The van der Waals surface area contributed by atoms with Gasteiger partial charge in [0.15, 0.2) is 0 Å². The first kappa shape index (κ1) is 21.5. The topological polar surface area (TPSA) is 4.93 Å². The number of rotatable bonds is 2. The molecule has 5 aromatic rings. The summed E-state index contributed by atoms with van der Waals surface area (Å²) in [4.78, 5) is 0. The van der Waals surface area contributed by atoms with Crippen LogP contribution in [0.1, 0.15) is 51.7 Å². The highest BCUT2D eigenvalue weighted by atomic mass is 35.5. The third-order valence-electron chi connectivity index (χ3n) is 7.94. The Morgan fingerprint density at radius 3 is 2.03 bits per heavy atom. The highest BCUT2D eigenvalue weighted by Gasteiger charge is 2.37. The highest BCUT2D eigenvalue weighted by Crippen LogP contribution is 2.47. The summed E-state index contributed by atoms with van der Waals surface area (Å²) < 4.78 is 2.44. The van der Waals surface area contributed by atoms with E-state index in [9.17, 15) is 0 Å². The minimum Gasteiger partial charge on any atom is -0.309 e. The number of para-hydroxylation sites is 1. The summed E-state index contributed by atoms with van der Waals surface area (Å²) in [6.07, 6.45) is 2.45. The molecular formula is C32H30ClN. The van der Waals surface area contributed by atoms with Crippen LogP contribution < -0.4 is 0 Å². The first-order valence-electron chi connectivity index (χ1n) is 12.2. The first-order chi connectivity index (χ1) is 16.2. The minimum atomic E-state index is 0.182. The summed E-state index contributed by atoms with van der Waals surface area (Å²) in [5.74, 6) is 0. The van der Waals surface area contributed by atoms with Gasteiger partial charge in [-0.3, -0.25) is 0 Å². The van der Waals surface area contributed by atoms with E-state index in [0.717, 1.165) is 5.02 Å². The molecule has 1 aliphatic carbocycles. The molecule has 2 heteroatoms. The van der Waals surface area contributed by atoms with Crippen molar-refractivity contribution in [3.05, 3.63) is 101 Å². The minimum absolute atomic E-state index is 0.182. The van der Waals surface area contributed by atoms with Gasteiger partial charge in [-0.2, -0.15) is 0 Å². The predicted octanol–water partition coefficient (Wildman–Crippen LogP) is 9.45. The van der Waals surface area contributed by atoms with Crippen LogP contribution in [0.2, 0.25) is 5.02 Å². The van der Waals surface area contributed by atoms with E-state index in [-0.39, 0.29) is 10.8 Å². The molecule has 4 aromatic carbocycles. The van der Waals surface area contributed by atoms with Gasteiger partial charge in [-0.1, -0.05) is 81.8 Å². The summed E-state index contributed by atoms with van der Waals surface area (Å²) in [6, 6.07) is 30.8. The third-order valence-corrected chi connectivity index (χ3v) is 8.20. The first-order valence-corrected chi connectivity index (χ1v) is 12.6. The number of aromatic nitrogens is 1. The highest BCUT2D eigenvalue weighted by molar-refractivity contribution is 6.30. The zero-order valence-electron chi connectivity index (χ0n) is 20.3. The van der Waals surface area contributed by atoms with Crippen LogP contribution in [0.3, 0.4) is 0 Å². The molecule has 6 rings (SSSR count). The van der Waals surface area contributed by atoms with Gasteiger partial charge < -0.3 is 4.57 Å². The van der Waals surface area contributed by atoms with Gasteiger partial charge in [0.25, 0.3) is 0 Å². The molecule has 0 bridgehead atoms. The Morgan fingerprint density at radius 1 is 0.618 bits per heavy atom. The van der Waals surface area contributed by atoms with Crippen molar-refractivity contribution >= 4 is 33.4 Å². The van der Waals surface area contributed by atoms with Crippen molar-refractivity contribution in [2.45, 2.75) is 51.4 Å². The van der Waals surface area contributed by atoms with E-state index in [4.69, 9.17) is 11.6 Å². The lowest BCUT2D eigenvalue weighted by Gasteiger charge is -2.42. The molecule has 0 atom stereocenters. The van der Waals surface area contributed by atoms with Gasteiger partial charge in [0, 0.05) is 21.5 Å². The van der Waals surface area contributed by atoms with Crippen LogP contribution in [-0.2, 0) is 10.8 Å². The Morgan fingerprint density at radius 2 is 1.26 bits per heavy atom. The fourth-order valence-electron chi connectivity index (χ4n) is 5.79. The number of fused-ring (bicyclic) bond motifs is 4. The molecule has 0 saturated heterocycles. The van der Waals surface area contributed by atoms with Crippen molar-refractivity contribution in [2.24, 2.45) is 0 Å². The zero-order chi connectivity index (χ0) is 23.7. The van der Waals surface area contributed by atoms with Crippen LogP contribution in [0.4, 0.5) is 0 Å². The summed E-state index contributed by atoms with van der Waals surface area (Å²) in [5.41, 5.74) is 9.52. The average molecular weight is 464 g/mol. The molecular weight excluding hydrogens is 434 g/mol. The van der Waals surface area contributed by atoms with E-state index in [1.807, 2.05) is 12.1 Å². The molecule has 1 nitrogen and oxygen atoms in total. The Balaban J connectivity index is 1.60. The lowest BCUT2D eigenvalue weighted by molar-refractivity contribution is 0.332. The zero-order valence-corrected chi connectivity index (χ0v) is 21.1. The molecule has 1 aliphatic rings. The van der Waals surface area contributed by atoms with E-state index in [0.29, 0.717) is 0 Å². The summed E-state index contributed by atoms with van der Waals surface area (Å²) in [5, 5.41) is 3.32. The van der Waals surface area contributed by atoms with E-state index in [2.05, 4.69) is 105 Å². The monoisotopic (exact) mass is 463 g/mol. The van der Waals surface area contributed by atoms with Crippen LogP contribution >= 0.6 is 11.6 Å². The molecule has 0 spiro atoms. The predicted molar refractivity (Wildman–Crippen MR) is 147 cm³/mol. The largest absolute Gasteiger partial charge is 0.309 e. The lowest BCUT2D eigenvalue weighted by Crippen LogP contribution is -2.33. The number of halogens is 1. The number of hydrogen-bond donors (Lipinski definition) is 0. The smallest absolute Gasteiger partial charge is 0.0541 e. The van der Waals surface area contributed by atoms with Crippen molar-refractivity contribution in [3.63, 3.8) is 0 Å². The fourth-order valence-corrected chi connectivity index (χ4v) is 5.91. The second-order valence-corrected chi connectivity index (χ2v) is 11.5. The SMILES string of the molecule is CC1(C)CCC(C)(C)c2cc(-n3c4ccccc4c4cc(-c5ccc(Cl)cc5)ccc43)ccc21. The van der Waals surface area contributed by atoms with E-state index >= 15 is 0 Å². The number of benzene rings is 4. The molecule has 1 heterocycles. The average Bonchev–Trinajstić information content (AvgIpc) is 3.16. The molecule has 170 valence electrons. The maximum atomic E-state index is 6.13. The van der Waals surface area contributed by atoms with Crippen molar-refractivity contribution in [2.75, 3.05) is 0 Å². The fraction of sp³-hybridized carbons (Fsp3) is 0.250. The molecule has 34 heavy (non-hydrogen) atoms.